The second-order valence-corrected chi connectivity index (χ2v) is 8.65. The van der Waals surface area contributed by atoms with Crippen molar-refractivity contribution in [3.8, 4) is 0 Å². The van der Waals surface area contributed by atoms with E-state index in [1.165, 1.54) is 0 Å². The van der Waals surface area contributed by atoms with Crippen molar-refractivity contribution in [1.82, 2.24) is 4.90 Å². The van der Waals surface area contributed by atoms with Crippen LogP contribution in [-0.4, -0.2) is 48.7 Å². The van der Waals surface area contributed by atoms with E-state index in [1.54, 1.807) is 12.1 Å². The third-order valence-corrected chi connectivity index (χ3v) is 6.43. The average molecular weight is 360 g/mol. The summed E-state index contributed by atoms with van der Waals surface area (Å²) >= 11 is 0. The SMILES string of the molecule is CC1(C)C[C@@H]2CN(C(=O)C3CCOCC3)CC[C@@H]2N1c1ccc(F)cc1. The van der Waals surface area contributed by atoms with Crippen molar-refractivity contribution in [1.29, 1.82) is 0 Å². The lowest BCUT2D eigenvalue weighted by atomic mass is 9.88. The Bertz CT molecular complexity index is 654. The Hall–Kier alpha value is -1.62. The second kappa shape index (κ2) is 6.84. The van der Waals surface area contributed by atoms with Crippen molar-refractivity contribution < 1.29 is 13.9 Å². The first-order valence-electron chi connectivity index (χ1n) is 9.87. The maximum Gasteiger partial charge on any atom is 0.225 e. The number of piperidine rings is 1. The number of carbonyl (C=O) groups is 1. The molecule has 0 spiro atoms. The normalized spacial score (nSPS) is 28.9. The lowest BCUT2D eigenvalue weighted by Crippen LogP contribution is -2.51. The van der Waals surface area contributed by atoms with Crippen LogP contribution in [0.2, 0.25) is 0 Å². The van der Waals surface area contributed by atoms with E-state index < -0.39 is 0 Å². The first kappa shape index (κ1) is 17.8. The third kappa shape index (κ3) is 3.22. The van der Waals surface area contributed by atoms with Gasteiger partial charge in [0.05, 0.1) is 0 Å². The zero-order chi connectivity index (χ0) is 18.3. The van der Waals surface area contributed by atoms with Crippen LogP contribution in [0.4, 0.5) is 10.1 Å². The van der Waals surface area contributed by atoms with Gasteiger partial charge in [-0.05, 0) is 69.7 Å². The molecule has 0 unspecified atom stereocenters. The smallest absolute Gasteiger partial charge is 0.225 e. The lowest BCUT2D eigenvalue weighted by molar-refractivity contribution is -0.140. The van der Waals surface area contributed by atoms with Gasteiger partial charge in [-0.15, -0.1) is 0 Å². The Morgan fingerprint density at radius 3 is 2.54 bits per heavy atom. The van der Waals surface area contributed by atoms with E-state index in [-0.39, 0.29) is 17.3 Å². The number of nitrogens with zero attached hydrogens (tertiary/aromatic N) is 2. The summed E-state index contributed by atoms with van der Waals surface area (Å²) in [6, 6.07) is 7.29. The summed E-state index contributed by atoms with van der Waals surface area (Å²) in [4.78, 5) is 17.5. The summed E-state index contributed by atoms with van der Waals surface area (Å²) in [6.07, 6.45) is 3.76. The summed E-state index contributed by atoms with van der Waals surface area (Å²) < 4.78 is 18.7. The highest BCUT2D eigenvalue weighted by Crippen LogP contribution is 2.44. The molecule has 4 rings (SSSR count). The first-order valence-corrected chi connectivity index (χ1v) is 9.87. The van der Waals surface area contributed by atoms with Crippen molar-refractivity contribution >= 4 is 11.6 Å². The Balaban J connectivity index is 1.49. The molecule has 3 saturated heterocycles. The number of halogens is 1. The summed E-state index contributed by atoms with van der Waals surface area (Å²) in [5, 5.41) is 0. The summed E-state index contributed by atoms with van der Waals surface area (Å²) in [5.41, 5.74) is 1.11. The van der Waals surface area contributed by atoms with Crippen LogP contribution in [0, 0.1) is 17.7 Å². The summed E-state index contributed by atoms with van der Waals surface area (Å²) in [5.74, 6) is 0.750. The number of benzene rings is 1. The molecule has 5 heteroatoms. The molecule has 0 aliphatic carbocycles. The van der Waals surface area contributed by atoms with Gasteiger partial charge in [-0.3, -0.25) is 4.79 Å². The number of amides is 1. The van der Waals surface area contributed by atoms with Gasteiger partial charge in [0, 0.05) is 49.5 Å². The Morgan fingerprint density at radius 2 is 1.85 bits per heavy atom. The van der Waals surface area contributed by atoms with Gasteiger partial charge in [0.15, 0.2) is 0 Å². The maximum absolute atomic E-state index is 13.3. The number of ether oxygens (including phenoxy) is 1. The fourth-order valence-corrected chi connectivity index (χ4v) is 5.29. The van der Waals surface area contributed by atoms with E-state index in [0.29, 0.717) is 31.1 Å². The molecule has 3 heterocycles. The molecule has 4 nitrogen and oxygen atoms in total. The Kier molecular flexibility index (Phi) is 4.68. The minimum Gasteiger partial charge on any atom is -0.381 e. The Morgan fingerprint density at radius 1 is 1.15 bits per heavy atom. The molecule has 3 fully saturated rings. The molecule has 3 aliphatic rings. The van der Waals surface area contributed by atoms with Crippen molar-refractivity contribution in [2.24, 2.45) is 11.8 Å². The highest BCUT2D eigenvalue weighted by Gasteiger charge is 2.49. The minimum absolute atomic E-state index is 0.0187. The molecule has 26 heavy (non-hydrogen) atoms. The number of anilines is 1. The Labute approximate surface area is 155 Å². The fraction of sp³-hybridized carbons (Fsp3) is 0.667. The molecule has 0 bridgehead atoms. The van der Waals surface area contributed by atoms with Crippen LogP contribution in [0.5, 0.6) is 0 Å². The molecule has 0 aromatic heterocycles. The van der Waals surface area contributed by atoms with E-state index >= 15 is 0 Å². The zero-order valence-electron chi connectivity index (χ0n) is 15.8. The van der Waals surface area contributed by atoms with Crippen LogP contribution in [0.1, 0.15) is 39.5 Å². The number of hydrogen-bond donors (Lipinski definition) is 0. The van der Waals surface area contributed by atoms with E-state index in [4.69, 9.17) is 4.74 Å². The van der Waals surface area contributed by atoms with Gasteiger partial charge in [-0.2, -0.15) is 0 Å². The van der Waals surface area contributed by atoms with E-state index in [2.05, 4.69) is 23.6 Å². The molecule has 1 aromatic carbocycles. The highest BCUT2D eigenvalue weighted by atomic mass is 19.1. The summed E-state index contributed by atoms with van der Waals surface area (Å²) in [6.45, 7) is 7.62. The van der Waals surface area contributed by atoms with Gasteiger partial charge in [-0.1, -0.05) is 0 Å². The van der Waals surface area contributed by atoms with Gasteiger partial charge < -0.3 is 14.5 Å². The van der Waals surface area contributed by atoms with Gasteiger partial charge in [0.25, 0.3) is 0 Å². The van der Waals surface area contributed by atoms with Crippen LogP contribution >= 0.6 is 0 Å². The van der Waals surface area contributed by atoms with Crippen molar-refractivity contribution in [3.05, 3.63) is 30.1 Å². The topological polar surface area (TPSA) is 32.8 Å². The molecular formula is C21H29FN2O2. The minimum atomic E-state index is -0.195. The molecule has 2 atom stereocenters. The summed E-state index contributed by atoms with van der Waals surface area (Å²) in [7, 11) is 0. The van der Waals surface area contributed by atoms with Crippen LogP contribution in [-0.2, 0) is 9.53 Å². The van der Waals surface area contributed by atoms with Crippen LogP contribution in [0.15, 0.2) is 24.3 Å². The lowest BCUT2D eigenvalue weighted by Gasteiger charge is -2.42. The average Bonchev–Trinajstić information content (AvgIpc) is 2.91. The molecular weight excluding hydrogens is 331 g/mol. The van der Waals surface area contributed by atoms with Crippen LogP contribution in [0.25, 0.3) is 0 Å². The van der Waals surface area contributed by atoms with Crippen molar-refractivity contribution in [2.75, 3.05) is 31.2 Å². The van der Waals surface area contributed by atoms with Crippen molar-refractivity contribution in [2.45, 2.75) is 51.1 Å². The molecule has 0 N–H and O–H groups in total. The quantitative estimate of drug-likeness (QED) is 0.810. The second-order valence-electron chi connectivity index (χ2n) is 8.65. The van der Waals surface area contributed by atoms with E-state index in [0.717, 1.165) is 44.5 Å². The van der Waals surface area contributed by atoms with Gasteiger partial charge in [0.1, 0.15) is 5.82 Å². The standard InChI is InChI=1S/C21H29FN2O2/c1-21(2)13-16-14-23(20(25)15-8-11-26-12-9-15)10-7-19(16)24(21)18-5-3-17(22)4-6-18/h3-6,15-16,19H,7-14H2,1-2H3/t16-,19+/m1/s1. The molecule has 142 valence electrons. The van der Waals surface area contributed by atoms with Crippen molar-refractivity contribution in [3.63, 3.8) is 0 Å². The number of hydrogen-bond acceptors (Lipinski definition) is 3. The fourth-order valence-electron chi connectivity index (χ4n) is 5.29. The predicted octanol–water partition coefficient (Wildman–Crippen LogP) is 3.46. The molecule has 1 aromatic rings. The number of fused-ring (bicyclic) bond motifs is 1. The van der Waals surface area contributed by atoms with E-state index in [1.807, 2.05) is 12.1 Å². The molecule has 0 saturated carbocycles. The van der Waals surface area contributed by atoms with Gasteiger partial charge in [0.2, 0.25) is 5.91 Å². The third-order valence-electron chi connectivity index (χ3n) is 6.43. The molecule has 3 aliphatic heterocycles. The maximum atomic E-state index is 13.3. The first-order chi connectivity index (χ1) is 12.5. The molecule has 1 amide bonds. The number of likely N-dealkylation sites (tertiary alicyclic amines) is 1. The van der Waals surface area contributed by atoms with Gasteiger partial charge >= 0.3 is 0 Å². The van der Waals surface area contributed by atoms with Crippen LogP contribution < -0.4 is 4.90 Å². The highest BCUT2D eigenvalue weighted by molar-refractivity contribution is 5.79. The number of carbonyl (C=O) groups excluding carboxylic acids is 1. The van der Waals surface area contributed by atoms with E-state index in [9.17, 15) is 9.18 Å². The predicted molar refractivity (Wildman–Crippen MR) is 99.6 cm³/mol. The monoisotopic (exact) mass is 360 g/mol. The van der Waals surface area contributed by atoms with Gasteiger partial charge in [-0.25, -0.2) is 4.39 Å². The largest absolute Gasteiger partial charge is 0.381 e. The molecule has 0 radical (unpaired) electrons. The van der Waals surface area contributed by atoms with Crippen LogP contribution in [0.3, 0.4) is 0 Å². The number of rotatable bonds is 2. The zero-order valence-corrected chi connectivity index (χ0v) is 15.8.